The molecule has 1 N–H and O–H groups in total. The number of fused-ring (bicyclic) bond motifs is 1. The normalized spacial score (nSPS) is 30.2. The summed E-state index contributed by atoms with van der Waals surface area (Å²) in [5.74, 6) is -2.29. The lowest BCUT2D eigenvalue weighted by Gasteiger charge is -2.38. The van der Waals surface area contributed by atoms with Gasteiger partial charge in [-0.2, -0.15) is 0 Å². The van der Waals surface area contributed by atoms with Gasteiger partial charge >= 0.3 is 5.97 Å². The second-order valence-electron chi connectivity index (χ2n) is 9.68. The van der Waals surface area contributed by atoms with Crippen LogP contribution in [0.4, 0.5) is 0 Å². The number of esters is 1. The van der Waals surface area contributed by atoms with Gasteiger partial charge in [0.05, 0.1) is 24.5 Å². The molecule has 2 bridgehead atoms. The van der Waals surface area contributed by atoms with Gasteiger partial charge in [-0.25, -0.2) is 0 Å². The molecule has 0 radical (unpaired) electrons. The van der Waals surface area contributed by atoms with Crippen molar-refractivity contribution in [1.82, 2.24) is 9.80 Å². The second-order valence-corrected chi connectivity index (χ2v) is 9.68. The number of aliphatic hydroxyl groups excluding tert-OH is 1. The first kappa shape index (κ1) is 26.4. The third-order valence-electron chi connectivity index (χ3n) is 7.51. The van der Waals surface area contributed by atoms with Crippen LogP contribution in [0.5, 0.6) is 0 Å². The Hall–Kier alpha value is -2.19. The smallest absolute Gasteiger partial charge is 0.312 e. The summed E-state index contributed by atoms with van der Waals surface area (Å²) in [5, 5.41) is 9.44. The van der Waals surface area contributed by atoms with Gasteiger partial charge in [0.15, 0.2) is 0 Å². The van der Waals surface area contributed by atoms with Gasteiger partial charge in [-0.05, 0) is 45.4 Å². The molecule has 0 aromatic rings. The van der Waals surface area contributed by atoms with Crippen molar-refractivity contribution in [2.24, 2.45) is 11.8 Å². The summed E-state index contributed by atoms with van der Waals surface area (Å²) < 4.78 is 11.9. The van der Waals surface area contributed by atoms with Crippen molar-refractivity contribution in [1.29, 1.82) is 0 Å². The minimum absolute atomic E-state index is 0.0232. The monoisotopic (exact) mass is 476 g/mol. The highest BCUT2D eigenvalue weighted by Crippen LogP contribution is 2.58. The number of carbonyl (C=O) groups excluding carboxylic acids is 3. The van der Waals surface area contributed by atoms with E-state index in [0.717, 1.165) is 19.3 Å². The highest BCUT2D eigenvalue weighted by molar-refractivity contribution is 5.98. The third-order valence-corrected chi connectivity index (χ3v) is 7.51. The van der Waals surface area contributed by atoms with E-state index in [1.807, 2.05) is 6.92 Å². The fourth-order valence-corrected chi connectivity index (χ4v) is 6.04. The molecule has 3 unspecified atom stereocenters. The molecule has 3 aliphatic rings. The van der Waals surface area contributed by atoms with Crippen molar-refractivity contribution >= 4 is 17.8 Å². The van der Waals surface area contributed by atoms with E-state index >= 15 is 0 Å². The lowest BCUT2D eigenvalue weighted by Crippen LogP contribution is -2.58. The van der Waals surface area contributed by atoms with Crippen molar-refractivity contribution in [3.8, 4) is 0 Å². The molecule has 8 heteroatoms. The van der Waals surface area contributed by atoms with E-state index < -0.39 is 35.6 Å². The van der Waals surface area contributed by atoms with Crippen LogP contribution >= 0.6 is 0 Å². The molecule has 2 amide bonds. The Labute approximate surface area is 202 Å². The number of carbonyl (C=O) groups is 3. The predicted molar refractivity (Wildman–Crippen MR) is 128 cm³/mol. The Balaban J connectivity index is 1.92. The molecule has 0 aromatic carbocycles. The molecular weight excluding hydrogens is 436 g/mol. The van der Waals surface area contributed by atoms with E-state index in [2.05, 4.69) is 20.1 Å². The summed E-state index contributed by atoms with van der Waals surface area (Å²) in [6, 6.07) is -0.843. The number of rotatable bonds is 14. The SMILES string of the molecule is C=CCCCOC(=O)[C@@H]1[C@H]2C(=O)N(CCCO)C(C(=O)N(CC=C)C(C)CCC)C23CC[C@H]1O3. The van der Waals surface area contributed by atoms with E-state index in [0.29, 0.717) is 32.2 Å². The summed E-state index contributed by atoms with van der Waals surface area (Å²) in [6.45, 7) is 12.4. The van der Waals surface area contributed by atoms with Crippen molar-refractivity contribution in [2.75, 3.05) is 26.3 Å². The molecule has 8 nitrogen and oxygen atoms in total. The number of amides is 2. The predicted octanol–water partition coefficient (Wildman–Crippen LogP) is 2.46. The molecule has 190 valence electrons. The maximum Gasteiger partial charge on any atom is 0.312 e. The molecule has 3 fully saturated rings. The van der Waals surface area contributed by atoms with E-state index in [9.17, 15) is 19.5 Å². The molecule has 34 heavy (non-hydrogen) atoms. The zero-order valence-electron chi connectivity index (χ0n) is 20.6. The minimum atomic E-state index is -1.04. The Kier molecular flexibility index (Phi) is 8.93. The van der Waals surface area contributed by atoms with Crippen LogP contribution in [-0.2, 0) is 23.9 Å². The maximum atomic E-state index is 14.0. The van der Waals surface area contributed by atoms with Crippen LogP contribution in [0.15, 0.2) is 25.3 Å². The summed E-state index contributed by atoms with van der Waals surface area (Å²) in [5.41, 5.74) is -1.04. The molecule has 3 aliphatic heterocycles. The minimum Gasteiger partial charge on any atom is -0.465 e. The quantitative estimate of drug-likeness (QED) is 0.235. The highest BCUT2D eigenvalue weighted by atomic mass is 16.6. The lowest BCUT2D eigenvalue weighted by atomic mass is 9.70. The average Bonchev–Trinajstić information content (AvgIpc) is 3.46. The largest absolute Gasteiger partial charge is 0.465 e. The van der Waals surface area contributed by atoms with Crippen molar-refractivity contribution < 1.29 is 29.0 Å². The van der Waals surface area contributed by atoms with Gasteiger partial charge in [0.2, 0.25) is 11.8 Å². The summed E-state index contributed by atoms with van der Waals surface area (Å²) in [7, 11) is 0. The van der Waals surface area contributed by atoms with Crippen LogP contribution in [-0.4, -0.2) is 82.8 Å². The van der Waals surface area contributed by atoms with Crippen LogP contribution in [0.1, 0.15) is 58.8 Å². The standard InChI is InChI=1S/C26H40N2O6/c1-5-8-9-17-33-25(32)20-19-12-13-26(34-19)21(20)23(30)28(15-10-16-29)22(26)24(31)27(14-7-3)18(4)11-6-2/h5,7,18-22,29H,1,3,6,8-17H2,2,4H3/t18?,19-,20+,21+,22?,26?/m1/s1. The fourth-order valence-electron chi connectivity index (χ4n) is 6.04. The second kappa shape index (κ2) is 11.5. The lowest BCUT2D eigenvalue weighted by molar-refractivity contribution is -0.155. The first-order valence-electron chi connectivity index (χ1n) is 12.7. The van der Waals surface area contributed by atoms with Gasteiger partial charge < -0.3 is 24.4 Å². The van der Waals surface area contributed by atoms with Crippen LogP contribution in [0.2, 0.25) is 0 Å². The number of unbranched alkanes of at least 4 members (excludes halogenated alkanes) is 1. The number of aliphatic hydroxyl groups is 1. The van der Waals surface area contributed by atoms with Gasteiger partial charge in [-0.1, -0.05) is 25.5 Å². The van der Waals surface area contributed by atoms with E-state index in [4.69, 9.17) is 9.47 Å². The van der Waals surface area contributed by atoms with Gasteiger partial charge in [-0.15, -0.1) is 13.2 Å². The van der Waals surface area contributed by atoms with Gasteiger partial charge in [-0.3, -0.25) is 14.4 Å². The molecule has 0 aliphatic carbocycles. The number of allylic oxidation sites excluding steroid dienone is 1. The Morgan fingerprint density at radius 3 is 2.76 bits per heavy atom. The van der Waals surface area contributed by atoms with Gasteiger partial charge in [0, 0.05) is 25.7 Å². The average molecular weight is 477 g/mol. The third kappa shape index (κ3) is 4.67. The van der Waals surface area contributed by atoms with E-state index in [1.165, 1.54) is 0 Å². The molecule has 0 aromatic heterocycles. The van der Waals surface area contributed by atoms with Crippen molar-refractivity contribution in [2.45, 2.75) is 82.6 Å². The molecule has 3 rings (SSSR count). The Bertz CT molecular complexity index is 785. The summed E-state index contributed by atoms with van der Waals surface area (Å²) in [4.78, 5) is 44.1. The number of likely N-dealkylation sites (tertiary alicyclic amines) is 1. The Morgan fingerprint density at radius 1 is 1.35 bits per heavy atom. The number of hydrogen-bond acceptors (Lipinski definition) is 6. The van der Waals surface area contributed by atoms with E-state index in [-0.39, 0.29) is 37.6 Å². The van der Waals surface area contributed by atoms with Crippen molar-refractivity contribution in [3.63, 3.8) is 0 Å². The number of hydrogen-bond donors (Lipinski definition) is 1. The number of ether oxygens (including phenoxy) is 2. The van der Waals surface area contributed by atoms with E-state index in [1.54, 1.807) is 22.0 Å². The topological polar surface area (TPSA) is 96.4 Å². The first-order chi connectivity index (χ1) is 16.4. The van der Waals surface area contributed by atoms with Crippen LogP contribution < -0.4 is 0 Å². The zero-order chi connectivity index (χ0) is 24.9. The Morgan fingerprint density at radius 2 is 2.12 bits per heavy atom. The molecule has 0 saturated carbocycles. The molecule has 3 saturated heterocycles. The van der Waals surface area contributed by atoms with Crippen LogP contribution in [0.3, 0.4) is 0 Å². The first-order valence-corrected chi connectivity index (χ1v) is 12.7. The van der Waals surface area contributed by atoms with Gasteiger partial charge in [0.25, 0.3) is 0 Å². The zero-order valence-corrected chi connectivity index (χ0v) is 20.6. The molecule has 6 atom stereocenters. The highest BCUT2D eigenvalue weighted by Gasteiger charge is 2.75. The fraction of sp³-hybridized carbons (Fsp3) is 0.731. The van der Waals surface area contributed by atoms with Crippen LogP contribution in [0.25, 0.3) is 0 Å². The van der Waals surface area contributed by atoms with Crippen LogP contribution in [0, 0.1) is 11.8 Å². The van der Waals surface area contributed by atoms with Crippen molar-refractivity contribution in [3.05, 3.63) is 25.3 Å². The summed E-state index contributed by atoms with van der Waals surface area (Å²) >= 11 is 0. The summed E-state index contributed by atoms with van der Waals surface area (Å²) in [6.07, 6.45) is 7.73. The number of nitrogens with zero attached hydrogens (tertiary/aromatic N) is 2. The molecule has 3 heterocycles. The molecular formula is C26H40N2O6. The molecule has 1 spiro atoms. The van der Waals surface area contributed by atoms with Gasteiger partial charge in [0.1, 0.15) is 11.6 Å². The maximum absolute atomic E-state index is 14.0.